The number of amides is 2. The van der Waals surface area contributed by atoms with Crippen LogP contribution in [0.1, 0.15) is 29.3 Å². The highest BCUT2D eigenvalue weighted by Gasteiger charge is 2.13. The Bertz CT molecular complexity index is 748. The number of carbonyl (C=O) groups is 2. The summed E-state index contributed by atoms with van der Waals surface area (Å²) in [6.45, 7) is 2.32. The van der Waals surface area contributed by atoms with Gasteiger partial charge in [-0.25, -0.2) is 0 Å². The highest BCUT2D eigenvalue weighted by molar-refractivity contribution is 6.31. The first-order chi connectivity index (χ1) is 11.5. The molecule has 0 aliphatic heterocycles. The van der Waals surface area contributed by atoms with Crippen molar-refractivity contribution >= 4 is 40.7 Å². The number of carbonyl (C=O) groups excluding carboxylic acids is 2. The number of nitrogens with one attached hydrogen (secondary N) is 2. The van der Waals surface area contributed by atoms with Crippen molar-refractivity contribution in [3.8, 4) is 0 Å². The van der Waals surface area contributed by atoms with Crippen LogP contribution in [0.25, 0.3) is 0 Å². The lowest BCUT2D eigenvalue weighted by Crippen LogP contribution is -2.25. The molecule has 2 aromatic carbocycles. The molecule has 0 saturated heterocycles. The molecule has 0 bridgehead atoms. The van der Waals surface area contributed by atoms with E-state index in [0.29, 0.717) is 34.3 Å². The smallest absolute Gasteiger partial charge is 0.253 e. The van der Waals surface area contributed by atoms with E-state index in [9.17, 15) is 9.59 Å². The van der Waals surface area contributed by atoms with Gasteiger partial charge in [0.15, 0.2) is 0 Å². The van der Waals surface area contributed by atoms with Crippen LogP contribution in [0.2, 0.25) is 10.0 Å². The Labute approximate surface area is 151 Å². The minimum absolute atomic E-state index is 0.178. The van der Waals surface area contributed by atoms with Crippen LogP contribution in [0, 0.1) is 0 Å². The molecule has 0 aromatic heterocycles. The SMILES string of the molecule is CCNC(=O)c1cc(Cl)ccc1NC(=O)CCc1cccc(Cl)c1. The molecule has 0 atom stereocenters. The molecule has 4 nitrogen and oxygen atoms in total. The van der Waals surface area contributed by atoms with E-state index in [4.69, 9.17) is 23.2 Å². The monoisotopic (exact) mass is 364 g/mol. The molecule has 2 N–H and O–H groups in total. The predicted octanol–water partition coefficient (Wildman–Crippen LogP) is 4.31. The molecule has 0 unspecified atom stereocenters. The maximum atomic E-state index is 12.2. The van der Waals surface area contributed by atoms with Crippen molar-refractivity contribution in [2.24, 2.45) is 0 Å². The van der Waals surface area contributed by atoms with E-state index in [1.807, 2.05) is 25.1 Å². The van der Waals surface area contributed by atoms with Gasteiger partial charge in [0.2, 0.25) is 5.91 Å². The van der Waals surface area contributed by atoms with Crippen LogP contribution in [0.3, 0.4) is 0 Å². The fraction of sp³-hybridized carbons (Fsp3) is 0.222. The van der Waals surface area contributed by atoms with Crippen molar-refractivity contribution in [2.45, 2.75) is 19.8 Å². The maximum absolute atomic E-state index is 12.2. The summed E-state index contributed by atoms with van der Waals surface area (Å²) in [5, 5.41) is 6.55. The molecule has 0 spiro atoms. The Morgan fingerprint density at radius 1 is 1.04 bits per heavy atom. The van der Waals surface area contributed by atoms with Crippen LogP contribution in [0.5, 0.6) is 0 Å². The first kappa shape index (κ1) is 18.3. The second kappa shape index (κ2) is 8.71. The summed E-state index contributed by atoms with van der Waals surface area (Å²) in [4.78, 5) is 24.3. The Morgan fingerprint density at radius 2 is 1.79 bits per heavy atom. The second-order valence-electron chi connectivity index (χ2n) is 5.23. The van der Waals surface area contributed by atoms with E-state index in [0.717, 1.165) is 5.56 Å². The van der Waals surface area contributed by atoms with Gasteiger partial charge < -0.3 is 10.6 Å². The minimum atomic E-state index is -0.273. The van der Waals surface area contributed by atoms with Crippen LogP contribution in [-0.2, 0) is 11.2 Å². The van der Waals surface area contributed by atoms with E-state index in [-0.39, 0.29) is 18.2 Å². The second-order valence-corrected chi connectivity index (χ2v) is 6.10. The van der Waals surface area contributed by atoms with E-state index < -0.39 is 0 Å². The number of aryl methyl sites for hydroxylation is 1. The third-order valence-electron chi connectivity index (χ3n) is 3.37. The van der Waals surface area contributed by atoms with Gasteiger partial charge in [0.25, 0.3) is 5.91 Å². The molecule has 0 saturated carbocycles. The highest BCUT2D eigenvalue weighted by atomic mass is 35.5. The van der Waals surface area contributed by atoms with E-state index in [2.05, 4.69) is 10.6 Å². The summed E-state index contributed by atoms with van der Waals surface area (Å²) in [6, 6.07) is 12.2. The summed E-state index contributed by atoms with van der Waals surface area (Å²) in [6.07, 6.45) is 0.855. The number of benzene rings is 2. The van der Waals surface area contributed by atoms with Gasteiger partial charge in [-0.3, -0.25) is 9.59 Å². The largest absolute Gasteiger partial charge is 0.352 e. The van der Waals surface area contributed by atoms with E-state index in [1.54, 1.807) is 24.3 Å². The quantitative estimate of drug-likeness (QED) is 0.801. The summed E-state index contributed by atoms with van der Waals surface area (Å²) < 4.78 is 0. The lowest BCUT2D eigenvalue weighted by molar-refractivity contribution is -0.116. The predicted molar refractivity (Wildman–Crippen MR) is 97.9 cm³/mol. The van der Waals surface area contributed by atoms with E-state index in [1.165, 1.54) is 0 Å². The normalized spacial score (nSPS) is 10.3. The van der Waals surface area contributed by atoms with Gasteiger partial charge in [-0.2, -0.15) is 0 Å². The zero-order valence-corrected chi connectivity index (χ0v) is 14.7. The first-order valence-corrected chi connectivity index (χ1v) is 8.37. The molecule has 2 aromatic rings. The summed E-state index contributed by atoms with van der Waals surface area (Å²) in [5.74, 6) is -0.451. The third-order valence-corrected chi connectivity index (χ3v) is 3.84. The van der Waals surface area contributed by atoms with E-state index >= 15 is 0 Å². The van der Waals surface area contributed by atoms with Gasteiger partial charge in [0, 0.05) is 23.0 Å². The molecule has 2 rings (SSSR count). The summed E-state index contributed by atoms with van der Waals surface area (Å²) in [5.41, 5.74) is 1.78. The summed E-state index contributed by atoms with van der Waals surface area (Å²) >= 11 is 11.9. The Balaban J connectivity index is 2.04. The van der Waals surface area contributed by atoms with Crippen molar-refractivity contribution in [1.29, 1.82) is 0 Å². The number of anilines is 1. The fourth-order valence-electron chi connectivity index (χ4n) is 2.23. The lowest BCUT2D eigenvalue weighted by atomic mass is 10.1. The van der Waals surface area contributed by atoms with Crippen molar-refractivity contribution in [3.05, 3.63) is 63.6 Å². The lowest BCUT2D eigenvalue weighted by Gasteiger charge is -2.11. The number of hydrogen-bond donors (Lipinski definition) is 2. The van der Waals surface area contributed by atoms with Gasteiger partial charge in [0.05, 0.1) is 11.3 Å². The average molecular weight is 365 g/mol. The Kier molecular flexibility index (Phi) is 6.64. The maximum Gasteiger partial charge on any atom is 0.253 e. The van der Waals surface area contributed by atoms with Crippen molar-refractivity contribution in [3.63, 3.8) is 0 Å². The molecule has 0 aliphatic rings. The number of hydrogen-bond acceptors (Lipinski definition) is 2. The van der Waals surface area contributed by atoms with Crippen molar-refractivity contribution in [2.75, 3.05) is 11.9 Å². The van der Waals surface area contributed by atoms with Gasteiger partial charge in [0.1, 0.15) is 0 Å². The molecule has 2 amide bonds. The van der Waals surface area contributed by atoms with Gasteiger partial charge in [-0.1, -0.05) is 35.3 Å². The average Bonchev–Trinajstić information content (AvgIpc) is 2.55. The molecular weight excluding hydrogens is 347 g/mol. The minimum Gasteiger partial charge on any atom is -0.352 e. The van der Waals surface area contributed by atoms with Crippen LogP contribution >= 0.6 is 23.2 Å². The molecule has 6 heteroatoms. The van der Waals surface area contributed by atoms with Crippen LogP contribution in [0.4, 0.5) is 5.69 Å². The number of halogens is 2. The molecule has 0 radical (unpaired) electrons. The highest BCUT2D eigenvalue weighted by Crippen LogP contribution is 2.21. The summed E-state index contributed by atoms with van der Waals surface area (Å²) in [7, 11) is 0. The third kappa shape index (κ3) is 5.25. The molecule has 0 fully saturated rings. The topological polar surface area (TPSA) is 58.2 Å². The van der Waals surface area contributed by atoms with Crippen molar-refractivity contribution in [1.82, 2.24) is 5.32 Å². The van der Waals surface area contributed by atoms with Gasteiger partial charge in [-0.15, -0.1) is 0 Å². The Morgan fingerprint density at radius 3 is 2.50 bits per heavy atom. The standard InChI is InChI=1S/C18H18Cl2N2O2/c1-2-21-18(24)15-11-14(20)7-8-16(15)22-17(23)9-6-12-4-3-5-13(19)10-12/h3-5,7-8,10-11H,2,6,9H2,1H3,(H,21,24)(H,22,23). The number of rotatable bonds is 6. The molecular formula is C18H18Cl2N2O2. The van der Waals surface area contributed by atoms with Crippen LogP contribution in [-0.4, -0.2) is 18.4 Å². The first-order valence-electron chi connectivity index (χ1n) is 7.61. The van der Waals surface area contributed by atoms with Gasteiger partial charge >= 0.3 is 0 Å². The van der Waals surface area contributed by atoms with Gasteiger partial charge in [-0.05, 0) is 49.2 Å². The zero-order valence-electron chi connectivity index (χ0n) is 13.2. The molecule has 0 aliphatic carbocycles. The molecule has 0 heterocycles. The Hall–Kier alpha value is -2.04. The van der Waals surface area contributed by atoms with Crippen LogP contribution in [0.15, 0.2) is 42.5 Å². The zero-order chi connectivity index (χ0) is 17.5. The fourth-order valence-corrected chi connectivity index (χ4v) is 2.62. The van der Waals surface area contributed by atoms with Crippen LogP contribution < -0.4 is 10.6 Å². The molecule has 24 heavy (non-hydrogen) atoms. The molecule has 126 valence electrons. The van der Waals surface area contributed by atoms with Crippen molar-refractivity contribution < 1.29 is 9.59 Å².